The first-order valence-corrected chi connectivity index (χ1v) is 6.97. The summed E-state index contributed by atoms with van der Waals surface area (Å²) in [4.78, 5) is 10.9. The van der Waals surface area contributed by atoms with E-state index in [-0.39, 0.29) is 0 Å². The SMILES string of the molecule is O=C(O)c1cccc(CSc2nnc3ccccn23)c1. The van der Waals surface area contributed by atoms with Crippen molar-refractivity contribution < 1.29 is 9.90 Å². The molecule has 100 valence electrons. The lowest BCUT2D eigenvalue weighted by molar-refractivity contribution is 0.0697. The topological polar surface area (TPSA) is 67.5 Å². The molecule has 5 nitrogen and oxygen atoms in total. The van der Waals surface area contributed by atoms with Gasteiger partial charge >= 0.3 is 5.97 Å². The Morgan fingerprint density at radius 1 is 1.20 bits per heavy atom. The Hall–Kier alpha value is -2.34. The first-order chi connectivity index (χ1) is 9.74. The number of benzene rings is 1. The van der Waals surface area contributed by atoms with Crippen LogP contribution in [-0.2, 0) is 5.75 Å². The molecule has 0 saturated carbocycles. The van der Waals surface area contributed by atoms with E-state index in [1.54, 1.807) is 18.2 Å². The summed E-state index contributed by atoms with van der Waals surface area (Å²) in [6, 6.07) is 12.6. The van der Waals surface area contributed by atoms with Crippen molar-refractivity contribution in [2.45, 2.75) is 10.9 Å². The van der Waals surface area contributed by atoms with Crippen molar-refractivity contribution in [3.05, 3.63) is 59.8 Å². The summed E-state index contributed by atoms with van der Waals surface area (Å²) in [6.45, 7) is 0. The van der Waals surface area contributed by atoms with E-state index in [0.29, 0.717) is 11.3 Å². The Bertz CT molecular complexity index is 770. The predicted molar refractivity (Wildman–Crippen MR) is 75.9 cm³/mol. The summed E-state index contributed by atoms with van der Waals surface area (Å²) < 4.78 is 1.91. The molecule has 2 aromatic heterocycles. The van der Waals surface area contributed by atoms with Gasteiger partial charge in [-0.2, -0.15) is 0 Å². The molecule has 0 atom stereocenters. The lowest BCUT2D eigenvalue weighted by Crippen LogP contribution is -1.96. The van der Waals surface area contributed by atoms with Crippen LogP contribution >= 0.6 is 11.8 Å². The number of carbonyl (C=O) groups is 1. The molecule has 0 amide bonds. The van der Waals surface area contributed by atoms with Crippen LogP contribution in [-0.4, -0.2) is 25.7 Å². The Morgan fingerprint density at radius 2 is 2.10 bits per heavy atom. The second-order valence-corrected chi connectivity index (χ2v) is 5.15. The van der Waals surface area contributed by atoms with E-state index in [1.807, 2.05) is 34.9 Å². The van der Waals surface area contributed by atoms with E-state index in [0.717, 1.165) is 16.4 Å². The van der Waals surface area contributed by atoms with Crippen LogP contribution in [0.2, 0.25) is 0 Å². The number of nitrogens with zero attached hydrogens (tertiary/aromatic N) is 3. The third kappa shape index (κ3) is 2.50. The van der Waals surface area contributed by atoms with Crippen LogP contribution in [0.25, 0.3) is 5.65 Å². The van der Waals surface area contributed by atoms with Crippen LogP contribution in [0.15, 0.2) is 53.8 Å². The number of rotatable bonds is 4. The van der Waals surface area contributed by atoms with Gasteiger partial charge in [0.1, 0.15) is 0 Å². The Balaban J connectivity index is 1.79. The number of fused-ring (bicyclic) bond motifs is 1. The number of pyridine rings is 1. The zero-order chi connectivity index (χ0) is 13.9. The first-order valence-electron chi connectivity index (χ1n) is 5.99. The molecule has 2 heterocycles. The minimum atomic E-state index is -0.912. The van der Waals surface area contributed by atoms with E-state index < -0.39 is 5.97 Å². The summed E-state index contributed by atoms with van der Waals surface area (Å²) in [5.74, 6) is -0.263. The quantitative estimate of drug-likeness (QED) is 0.746. The fraction of sp³-hybridized carbons (Fsp3) is 0.0714. The lowest BCUT2D eigenvalue weighted by Gasteiger charge is -2.02. The van der Waals surface area contributed by atoms with Gasteiger partial charge in [-0.15, -0.1) is 10.2 Å². The summed E-state index contributed by atoms with van der Waals surface area (Å²) in [7, 11) is 0. The first kappa shape index (κ1) is 12.7. The molecule has 0 aliphatic heterocycles. The van der Waals surface area contributed by atoms with Crippen molar-refractivity contribution in [1.82, 2.24) is 14.6 Å². The van der Waals surface area contributed by atoms with Crippen molar-refractivity contribution in [2.24, 2.45) is 0 Å². The van der Waals surface area contributed by atoms with Gasteiger partial charge in [0, 0.05) is 11.9 Å². The summed E-state index contributed by atoms with van der Waals surface area (Å²) in [5, 5.41) is 18.0. The zero-order valence-electron chi connectivity index (χ0n) is 10.4. The molecular formula is C14H11N3O2S. The van der Waals surface area contributed by atoms with Gasteiger partial charge in [-0.1, -0.05) is 30.0 Å². The predicted octanol–water partition coefficient (Wildman–Crippen LogP) is 2.72. The fourth-order valence-electron chi connectivity index (χ4n) is 1.86. The van der Waals surface area contributed by atoms with Crippen molar-refractivity contribution in [3.63, 3.8) is 0 Å². The Morgan fingerprint density at radius 3 is 2.95 bits per heavy atom. The van der Waals surface area contributed by atoms with Gasteiger partial charge < -0.3 is 5.11 Å². The standard InChI is InChI=1S/C14H11N3O2S/c18-13(19)11-5-3-4-10(8-11)9-20-14-16-15-12-6-1-2-7-17(12)14/h1-8H,9H2,(H,18,19). The maximum Gasteiger partial charge on any atom is 0.335 e. The maximum atomic E-state index is 10.9. The van der Waals surface area contributed by atoms with Gasteiger partial charge in [0.2, 0.25) is 0 Å². The van der Waals surface area contributed by atoms with Crippen LogP contribution in [0, 0.1) is 0 Å². The number of hydrogen-bond acceptors (Lipinski definition) is 4. The average Bonchev–Trinajstić information content (AvgIpc) is 2.89. The Labute approximate surface area is 119 Å². The molecule has 0 unspecified atom stereocenters. The highest BCUT2D eigenvalue weighted by Crippen LogP contribution is 2.22. The molecule has 0 spiro atoms. The van der Waals surface area contributed by atoms with Gasteiger partial charge in [0.05, 0.1) is 5.56 Å². The molecular weight excluding hydrogens is 274 g/mol. The van der Waals surface area contributed by atoms with E-state index in [9.17, 15) is 4.79 Å². The second kappa shape index (κ2) is 5.34. The molecule has 20 heavy (non-hydrogen) atoms. The van der Waals surface area contributed by atoms with E-state index in [1.165, 1.54) is 11.8 Å². The van der Waals surface area contributed by atoms with Gasteiger partial charge in [0.25, 0.3) is 0 Å². The third-order valence-corrected chi connectivity index (χ3v) is 3.84. The smallest absolute Gasteiger partial charge is 0.335 e. The molecule has 0 saturated heterocycles. The highest BCUT2D eigenvalue weighted by Gasteiger charge is 2.07. The van der Waals surface area contributed by atoms with Crippen molar-refractivity contribution in [2.75, 3.05) is 0 Å². The van der Waals surface area contributed by atoms with E-state index in [4.69, 9.17) is 5.11 Å². The third-order valence-electron chi connectivity index (χ3n) is 2.82. The second-order valence-electron chi connectivity index (χ2n) is 4.21. The normalized spacial score (nSPS) is 10.8. The average molecular weight is 285 g/mol. The highest BCUT2D eigenvalue weighted by molar-refractivity contribution is 7.98. The summed E-state index contributed by atoms with van der Waals surface area (Å²) >= 11 is 1.53. The van der Waals surface area contributed by atoms with Crippen molar-refractivity contribution >= 4 is 23.4 Å². The number of hydrogen-bond donors (Lipinski definition) is 1. The highest BCUT2D eigenvalue weighted by atomic mass is 32.2. The monoisotopic (exact) mass is 285 g/mol. The molecule has 0 radical (unpaired) electrons. The molecule has 0 bridgehead atoms. The number of carboxylic acid groups (broad SMARTS) is 1. The molecule has 6 heteroatoms. The van der Waals surface area contributed by atoms with E-state index >= 15 is 0 Å². The van der Waals surface area contributed by atoms with Crippen LogP contribution in [0.4, 0.5) is 0 Å². The van der Waals surface area contributed by atoms with Crippen molar-refractivity contribution in [3.8, 4) is 0 Å². The minimum Gasteiger partial charge on any atom is -0.478 e. The lowest BCUT2D eigenvalue weighted by atomic mass is 10.1. The number of carboxylic acids is 1. The van der Waals surface area contributed by atoms with Crippen LogP contribution in [0.5, 0.6) is 0 Å². The molecule has 3 rings (SSSR count). The number of aromatic nitrogens is 3. The zero-order valence-corrected chi connectivity index (χ0v) is 11.2. The van der Waals surface area contributed by atoms with Crippen molar-refractivity contribution in [1.29, 1.82) is 0 Å². The van der Waals surface area contributed by atoms with Gasteiger partial charge in [-0.25, -0.2) is 4.79 Å². The maximum absolute atomic E-state index is 10.9. The summed E-state index contributed by atoms with van der Waals surface area (Å²) in [5.41, 5.74) is 2.05. The molecule has 0 aliphatic carbocycles. The van der Waals surface area contributed by atoms with Gasteiger partial charge in [0.15, 0.2) is 10.8 Å². The largest absolute Gasteiger partial charge is 0.478 e. The summed E-state index contributed by atoms with van der Waals surface area (Å²) in [6.07, 6.45) is 1.91. The van der Waals surface area contributed by atoms with Crippen LogP contribution < -0.4 is 0 Å². The number of aromatic carboxylic acids is 1. The molecule has 0 aliphatic rings. The van der Waals surface area contributed by atoms with Gasteiger partial charge in [-0.3, -0.25) is 4.40 Å². The van der Waals surface area contributed by atoms with Crippen LogP contribution in [0.1, 0.15) is 15.9 Å². The van der Waals surface area contributed by atoms with Gasteiger partial charge in [-0.05, 0) is 29.8 Å². The Kier molecular flexibility index (Phi) is 3.39. The fourth-order valence-corrected chi connectivity index (χ4v) is 2.73. The molecule has 1 aromatic carbocycles. The van der Waals surface area contributed by atoms with E-state index in [2.05, 4.69) is 10.2 Å². The molecule has 0 fully saturated rings. The molecule has 3 aromatic rings. The number of thioether (sulfide) groups is 1. The van der Waals surface area contributed by atoms with Crippen LogP contribution in [0.3, 0.4) is 0 Å². The minimum absolute atomic E-state index is 0.300. The molecule has 1 N–H and O–H groups in total.